The third kappa shape index (κ3) is 39.1. The van der Waals surface area contributed by atoms with E-state index in [2.05, 4.69) is 50.3 Å². The van der Waals surface area contributed by atoms with Crippen molar-refractivity contribution in [2.45, 2.75) is 155 Å². The van der Waals surface area contributed by atoms with E-state index in [0.717, 1.165) is 70.6 Å². The largest absolute Gasteiger partial charge is 0.472 e. The maximum absolute atomic E-state index is 12.5. The molecule has 0 saturated heterocycles. The van der Waals surface area contributed by atoms with E-state index >= 15 is 0 Å². The van der Waals surface area contributed by atoms with Gasteiger partial charge in [-0.15, -0.1) is 0 Å². The molecule has 0 bridgehead atoms. The van der Waals surface area contributed by atoms with Crippen LogP contribution in [0.3, 0.4) is 0 Å². The molecule has 3 N–H and O–H groups in total. The smallest absolute Gasteiger partial charge is 0.462 e. The minimum absolute atomic E-state index is 0.0269. The highest BCUT2D eigenvalue weighted by Crippen LogP contribution is 2.43. The predicted octanol–water partition coefficient (Wildman–Crippen LogP) is 11.2. The first-order valence-electron chi connectivity index (χ1n) is 21.0. The monoisotopic (exact) mass is 804 g/mol. The zero-order chi connectivity index (χ0) is 41.2. The second kappa shape index (κ2) is 40.1. The lowest BCUT2D eigenvalue weighted by molar-refractivity contribution is -0.161. The van der Waals surface area contributed by atoms with Gasteiger partial charge in [0.15, 0.2) is 11.9 Å². The van der Waals surface area contributed by atoms with Crippen LogP contribution in [0.15, 0.2) is 85.1 Å². The Kier molecular flexibility index (Phi) is 37.8. The molecule has 0 amide bonds. The Morgan fingerprint density at radius 3 is 1.73 bits per heavy atom. The van der Waals surface area contributed by atoms with E-state index in [1.807, 2.05) is 36.5 Å². The average Bonchev–Trinajstić information content (AvgIpc) is 3.18. The van der Waals surface area contributed by atoms with Crippen LogP contribution in [0, 0.1) is 0 Å². The standard InChI is InChI=1S/C45H74NO9P/c1-3-5-7-8-9-10-11-12-13-14-15-16-19-22-25-28-32-36-44(48)52-40-43(41-54-56(50,51)53-39-38-46)55-45(49)37-33-29-26-23-20-17-18-21-24-27-31-35-42(47)34-30-6-4-2/h9-10,12-13,15-18,23-24,26-27,31,35,43H,3-8,11,14,19-22,25,28-30,32-34,36-41,46H2,1-2H3,(H,50,51)/b10-9-,13-12-,16-15-,18-17-,26-23-,27-24-,35-31+/t43-/m1/s1. The first-order valence-corrected chi connectivity index (χ1v) is 22.5. The minimum Gasteiger partial charge on any atom is -0.462 e. The molecule has 0 aromatic carbocycles. The van der Waals surface area contributed by atoms with Crippen LogP contribution in [0.2, 0.25) is 0 Å². The van der Waals surface area contributed by atoms with Gasteiger partial charge in [-0.3, -0.25) is 23.4 Å². The van der Waals surface area contributed by atoms with Gasteiger partial charge in [-0.05, 0) is 83.1 Å². The molecule has 56 heavy (non-hydrogen) atoms. The molecule has 2 atom stereocenters. The number of nitrogens with two attached hydrogens (primary N) is 1. The average molecular weight is 804 g/mol. The molecule has 318 valence electrons. The summed E-state index contributed by atoms with van der Waals surface area (Å²) in [5.41, 5.74) is 5.33. The molecule has 0 rings (SSSR count). The van der Waals surface area contributed by atoms with Crippen molar-refractivity contribution in [3.63, 3.8) is 0 Å². The summed E-state index contributed by atoms with van der Waals surface area (Å²) in [6.45, 7) is 3.40. The number of ketones is 1. The van der Waals surface area contributed by atoms with Crippen LogP contribution in [-0.2, 0) is 37.5 Å². The quantitative estimate of drug-likeness (QED) is 0.0154. The molecule has 0 aliphatic heterocycles. The normalized spacial score (nSPS) is 14.1. The molecule has 0 spiro atoms. The van der Waals surface area contributed by atoms with Crippen LogP contribution in [-0.4, -0.2) is 55.1 Å². The van der Waals surface area contributed by atoms with Crippen LogP contribution in [0.5, 0.6) is 0 Å². The van der Waals surface area contributed by atoms with Crippen molar-refractivity contribution in [2.75, 3.05) is 26.4 Å². The second-order valence-corrected chi connectivity index (χ2v) is 15.0. The van der Waals surface area contributed by atoms with Gasteiger partial charge in [0.2, 0.25) is 0 Å². The van der Waals surface area contributed by atoms with Gasteiger partial charge in [0, 0.05) is 25.8 Å². The molecular weight excluding hydrogens is 729 g/mol. The van der Waals surface area contributed by atoms with Crippen molar-refractivity contribution in [3.8, 4) is 0 Å². The number of ether oxygens (including phenoxy) is 2. The third-order valence-corrected chi connectivity index (χ3v) is 9.21. The van der Waals surface area contributed by atoms with Gasteiger partial charge in [-0.1, -0.05) is 131 Å². The molecule has 11 heteroatoms. The summed E-state index contributed by atoms with van der Waals surface area (Å²) in [4.78, 5) is 46.5. The Hall–Kier alpha value is -3.14. The van der Waals surface area contributed by atoms with E-state index in [4.69, 9.17) is 24.3 Å². The lowest BCUT2D eigenvalue weighted by Crippen LogP contribution is -2.29. The predicted molar refractivity (Wildman–Crippen MR) is 229 cm³/mol. The molecule has 0 heterocycles. The molecule has 0 aromatic heterocycles. The molecule has 0 aliphatic carbocycles. The van der Waals surface area contributed by atoms with Gasteiger partial charge in [-0.25, -0.2) is 4.57 Å². The fourth-order valence-electron chi connectivity index (χ4n) is 5.06. The Morgan fingerprint density at radius 2 is 1.11 bits per heavy atom. The lowest BCUT2D eigenvalue weighted by atomic mass is 10.1. The van der Waals surface area contributed by atoms with Crippen LogP contribution < -0.4 is 5.73 Å². The zero-order valence-corrected chi connectivity index (χ0v) is 35.5. The highest BCUT2D eigenvalue weighted by molar-refractivity contribution is 7.47. The number of carbonyl (C=O) groups excluding carboxylic acids is 3. The Balaban J connectivity index is 4.38. The van der Waals surface area contributed by atoms with Gasteiger partial charge in [0.05, 0.1) is 13.2 Å². The Bertz CT molecular complexity index is 1250. The highest BCUT2D eigenvalue weighted by Gasteiger charge is 2.25. The van der Waals surface area contributed by atoms with E-state index < -0.39 is 32.5 Å². The van der Waals surface area contributed by atoms with E-state index in [1.165, 1.54) is 25.7 Å². The minimum atomic E-state index is -4.42. The first kappa shape index (κ1) is 52.9. The van der Waals surface area contributed by atoms with Gasteiger partial charge < -0.3 is 20.1 Å². The van der Waals surface area contributed by atoms with Crippen molar-refractivity contribution >= 4 is 25.5 Å². The number of allylic oxidation sites excluding steroid dienone is 14. The van der Waals surface area contributed by atoms with Gasteiger partial charge in [0.25, 0.3) is 0 Å². The number of hydrogen-bond acceptors (Lipinski definition) is 9. The zero-order valence-electron chi connectivity index (χ0n) is 34.6. The van der Waals surface area contributed by atoms with Crippen LogP contribution >= 0.6 is 7.82 Å². The molecule has 0 saturated carbocycles. The van der Waals surface area contributed by atoms with Crippen molar-refractivity contribution in [3.05, 3.63) is 85.1 Å². The first-order chi connectivity index (χ1) is 27.2. The number of carbonyl (C=O) groups is 3. The lowest BCUT2D eigenvalue weighted by Gasteiger charge is -2.19. The van der Waals surface area contributed by atoms with Crippen LogP contribution in [0.25, 0.3) is 0 Å². The van der Waals surface area contributed by atoms with Crippen molar-refractivity contribution in [1.82, 2.24) is 0 Å². The summed E-state index contributed by atoms with van der Waals surface area (Å²) in [5.74, 6) is -0.800. The number of unbranched alkanes of at least 4 members (excludes halogenated alkanes) is 10. The van der Waals surface area contributed by atoms with E-state index in [0.29, 0.717) is 25.7 Å². The number of rotatable bonds is 38. The number of hydrogen-bond donors (Lipinski definition) is 2. The molecule has 0 aliphatic rings. The summed E-state index contributed by atoms with van der Waals surface area (Å²) in [5, 5.41) is 0. The van der Waals surface area contributed by atoms with Gasteiger partial charge >= 0.3 is 19.8 Å². The van der Waals surface area contributed by atoms with E-state index in [-0.39, 0.29) is 38.4 Å². The molecule has 10 nitrogen and oxygen atoms in total. The summed E-state index contributed by atoms with van der Waals surface area (Å²) >= 11 is 0. The fraction of sp³-hybridized carbons (Fsp3) is 0.622. The van der Waals surface area contributed by atoms with Gasteiger partial charge in [-0.2, -0.15) is 0 Å². The topological polar surface area (TPSA) is 151 Å². The number of esters is 2. The molecule has 0 radical (unpaired) electrons. The molecular formula is C45H74NO9P. The van der Waals surface area contributed by atoms with Gasteiger partial charge in [0.1, 0.15) is 6.61 Å². The van der Waals surface area contributed by atoms with Crippen LogP contribution in [0.1, 0.15) is 149 Å². The SMILES string of the molecule is CCCCC/C=C\C/C=C\C/C=C\CCCCCCC(=O)OC[C@H](COP(=O)(O)OCCN)OC(=O)CCC/C=C\C/C=C\C/C=C\C=C\C(=O)CCCCC. The Labute approximate surface area is 339 Å². The van der Waals surface area contributed by atoms with E-state index in [1.54, 1.807) is 12.2 Å². The molecule has 0 fully saturated rings. The summed E-state index contributed by atoms with van der Waals surface area (Å²) in [7, 11) is -4.42. The second-order valence-electron chi connectivity index (χ2n) is 13.5. The van der Waals surface area contributed by atoms with Crippen LogP contribution in [0.4, 0.5) is 0 Å². The number of phosphoric ester groups is 1. The molecule has 0 aromatic rings. The van der Waals surface area contributed by atoms with Crippen molar-refractivity contribution in [2.24, 2.45) is 5.73 Å². The van der Waals surface area contributed by atoms with E-state index in [9.17, 15) is 23.8 Å². The van der Waals surface area contributed by atoms with Crippen molar-refractivity contribution in [1.29, 1.82) is 0 Å². The third-order valence-electron chi connectivity index (χ3n) is 8.23. The maximum atomic E-state index is 12.5. The van der Waals surface area contributed by atoms with Crippen molar-refractivity contribution < 1.29 is 42.4 Å². The summed E-state index contributed by atoms with van der Waals surface area (Å²) in [6, 6.07) is 0. The Morgan fingerprint density at radius 1 is 0.589 bits per heavy atom. The maximum Gasteiger partial charge on any atom is 0.472 e. The highest BCUT2D eigenvalue weighted by atomic mass is 31.2. The fourth-order valence-corrected chi connectivity index (χ4v) is 5.82. The molecule has 1 unspecified atom stereocenters. The number of phosphoric acid groups is 1. The summed E-state index contributed by atoms with van der Waals surface area (Å²) in [6.07, 6.45) is 46.0. The summed E-state index contributed by atoms with van der Waals surface area (Å²) < 4.78 is 32.6.